The van der Waals surface area contributed by atoms with Crippen LogP contribution in [0.1, 0.15) is 30.0 Å². The lowest BCUT2D eigenvalue weighted by molar-refractivity contribution is 0.399. The van der Waals surface area contributed by atoms with Crippen LogP contribution in [0.5, 0.6) is 5.75 Å². The molecular formula is C19H26N4O2. The fraction of sp³-hybridized carbons (Fsp3) is 0.421. The van der Waals surface area contributed by atoms with Crippen molar-refractivity contribution in [2.24, 2.45) is 7.05 Å². The third kappa shape index (κ3) is 3.22. The molecule has 0 saturated heterocycles. The number of aryl methyl sites for hydroxylation is 2. The second-order valence-corrected chi connectivity index (χ2v) is 6.54. The van der Waals surface area contributed by atoms with Gasteiger partial charge in [0, 0.05) is 38.6 Å². The number of furan rings is 1. The molecule has 0 fully saturated rings. The Bertz CT molecular complexity index is 879. The van der Waals surface area contributed by atoms with Gasteiger partial charge in [0.2, 0.25) is 0 Å². The van der Waals surface area contributed by atoms with Crippen LogP contribution >= 0.6 is 0 Å². The van der Waals surface area contributed by atoms with Gasteiger partial charge in [0.25, 0.3) is 0 Å². The summed E-state index contributed by atoms with van der Waals surface area (Å²) in [4.78, 5) is 2.09. The number of ether oxygens (including phenoxy) is 1. The summed E-state index contributed by atoms with van der Waals surface area (Å²) in [6.45, 7) is 4.87. The predicted octanol–water partition coefficient (Wildman–Crippen LogP) is 3.40. The number of benzene rings is 1. The molecule has 0 aliphatic heterocycles. The monoisotopic (exact) mass is 342 g/mol. The van der Waals surface area contributed by atoms with Crippen LogP contribution in [0.3, 0.4) is 0 Å². The summed E-state index contributed by atoms with van der Waals surface area (Å²) in [6.07, 6.45) is 0. The van der Waals surface area contributed by atoms with E-state index < -0.39 is 0 Å². The first-order valence-electron chi connectivity index (χ1n) is 8.42. The van der Waals surface area contributed by atoms with Crippen molar-refractivity contribution in [3.63, 3.8) is 0 Å². The van der Waals surface area contributed by atoms with Crippen molar-refractivity contribution in [2.75, 3.05) is 26.1 Å². The lowest BCUT2D eigenvalue weighted by atomic mass is 10.2. The summed E-state index contributed by atoms with van der Waals surface area (Å²) < 4.78 is 13.3. The van der Waals surface area contributed by atoms with E-state index in [4.69, 9.17) is 9.15 Å². The summed E-state index contributed by atoms with van der Waals surface area (Å²) in [5.41, 5.74) is 3.03. The zero-order valence-corrected chi connectivity index (χ0v) is 15.8. The smallest absolute Gasteiger partial charge is 0.176 e. The van der Waals surface area contributed by atoms with Gasteiger partial charge in [0.15, 0.2) is 11.3 Å². The van der Waals surface area contributed by atoms with E-state index in [1.54, 1.807) is 7.11 Å². The van der Waals surface area contributed by atoms with Crippen LogP contribution in [0.4, 0.5) is 5.82 Å². The second kappa shape index (κ2) is 6.80. The molecule has 0 spiro atoms. The number of para-hydroxylation sites is 1. The normalized spacial score (nSPS) is 12.6. The molecule has 0 saturated carbocycles. The van der Waals surface area contributed by atoms with Gasteiger partial charge in [-0.2, -0.15) is 5.10 Å². The maximum absolute atomic E-state index is 6.03. The molecule has 0 radical (unpaired) electrons. The van der Waals surface area contributed by atoms with E-state index >= 15 is 0 Å². The van der Waals surface area contributed by atoms with Gasteiger partial charge >= 0.3 is 0 Å². The highest BCUT2D eigenvalue weighted by Crippen LogP contribution is 2.31. The zero-order chi connectivity index (χ0) is 18.1. The first kappa shape index (κ1) is 17.4. The van der Waals surface area contributed by atoms with E-state index in [9.17, 15) is 0 Å². The average Bonchev–Trinajstić information content (AvgIpc) is 3.12. The number of anilines is 1. The summed E-state index contributed by atoms with van der Waals surface area (Å²) in [7, 11) is 7.71. The van der Waals surface area contributed by atoms with E-state index in [-0.39, 0.29) is 6.04 Å². The minimum atomic E-state index is 0.0757. The van der Waals surface area contributed by atoms with Crippen LogP contribution in [0.2, 0.25) is 0 Å². The molecule has 134 valence electrons. The molecule has 1 unspecified atom stereocenters. The van der Waals surface area contributed by atoms with Crippen LogP contribution in [0, 0.1) is 6.92 Å². The van der Waals surface area contributed by atoms with Crippen molar-refractivity contribution in [1.29, 1.82) is 0 Å². The fourth-order valence-electron chi connectivity index (χ4n) is 3.24. The SMILES string of the molecule is COc1cccc2cc(C(C)NCc3c(C)nn(C)c3N(C)C)oc12. The van der Waals surface area contributed by atoms with Crippen molar-refractivity contribution in [2.45, 2.75) is 26.4 Å². The number of methoxy groups -OCH3 is 1. The number of nitrogens with zero attached hydrogens (tertiary/aromatic N) is 3. The van der Waals surface area contributed by atoms with E-state index in [0.29, 0.717) is 0 Å². The molecule has 6 heteroatoms. The van der Waals surface area contributed by atoms with Gasteiger partial charge < -0.3 is 19.4 Å². The number of aromatic nitrogens is 2. The van der Waals surface area contributed by atoms with Crippen molar-refractivity contribution >= 4 is 16.8 Å². The van der Waals surface area contributed by atoms with Crippen LogP contribution < -0.4 is 15.0 Å². The van der Waals surface area contributed by atoms with E-state index in [1.807, 2.05) is 50.9 Å². The highest BCUT2D eigenvalue weighted by Gasteiger charge is 2.18. The van der Waals surface area contributed by atoms with Crippen LogP contribution in [0.15, 0.2) is 28.7 Å². The Kier molecular flexibility index (Phi) is 4.72. The van der Waals surface area contributed by atoms with Crippen molar-refractivity contribution in [3.05, 3.63) is 41.3 Å². The predicted molar refractivity (Wildman–Crippen MR) is 100 cm³/mol. The third-order valence-corrected chi connectivity index (χ3v) is 4.50. The summed E-state index contributed by atoms with van der Waals surface area (Å²) in [5.74, 6) is 2.77. The highest BCUT2D eigenvalue weighted by molar-refractivity contribution is 5.83. The molecule has 1 N–H and O–H groups in total. The number of hydrogen-bond donors (Lipinski definition) is 1. The van der Waals surface area contributed by atoms with Crippen molar-refractivity contribution in [3.8, 4) is 5.75 Å². The molecule has 0 amide bonds. The molecule has 0 aliphatic rings. The number of rotatable bonds is 6. The first-order chi connectivity index (χ1) is 11.9. The fourth-order valence-corrected chi connectivity index (χ4v) is 3.24. The Morgan fingerprint density at radius 2 is 2.12 bits per heavy atom. The second-order valence-electron chi connectivity index (χ2n) is 6.54. The van der Waals surface area contributed by atoms with Gasteiger partial charge in [0.05, 0.1) is 18.8 Å². The van der Waals surface area contributed by atoms with Crippen molar-refractivity contribution < 1.29 is 9.15 Å². The molecule has 2 aromatic heterocycles. The maximum Gasteiger partial charge on any atom is 0.176 e. The minimum absolute atomic E-state index is 0.0757. The Labute approximate surface area is 148 Å². The molecule has 2 heterocycles. The lowest BCUT2D eigenvalue weighted by Gasteiger charge is -2.17. The number of hydrogen-bond acceptors (Lipinski definition) is 5. The molecule has 25 heavy (non-hydrogen) atoms. The first-order valence-corrected chi connectivity index (χ1v) is 8.42. The molecule has 0 bridgehead atoms. The topological polar surface area (TPSA) is 55.5 Å². The van der Waals surface area contributed by atoms with Gasteiger partial charge in [-0.25, -0.2) is 0 Å². The van der Waals surface area contributed by atoms with Gasteiger partial charge in [-0.3, -0.25) is 4.68 Å². The van der Waals surface area contributed by atoms with Gasteiger partial charge in [0.1, 0.15) is 11.6 Å². The van der Waals surface area contributed by atoms with Gasteiger partial charge in [-0.05, 0) is 26.0 Å². The van der Waals surface area contributed by atoms with Crippen LogP contribution in [0.25, 0.3) is 11.0 Å². The van der Waals surface area contributed by atoms with E-state index in [2.05, 4.69) is 28.3 Å². The maximum atomic E-state index is 6.03. The van der Waals surface area contributed by atoms with E-state index in [0.717, 1.165) is 40.5 Å². The van der Waals surface area contributed by atoms with Gasteiger partial charge in [-0.15, -0.1) is 0 Å². The van der Waals surface area contributed by atoms with Crippen LogP contribution in [-0.2, 0) is 13.6 Å². The molecular weight excluding hydrogens is 316 g/mol. The summed E-state index contributed by atoms with van der Waals surface area (Å²) in [6, 6.07) is 8.06. The summed E-state index contributed by atoms with van der Waals surface area (Å²) in [5, 5.41) is 9.13. The lowest BCUT2D eigenvalue weighted by Crippen LogP contribution is -2.21. The number of nitrogens with one attached hydrogen (secondary N) is 1. The van der Waals surface area contributed by atoms with E-state index in [1.165, 1.54) is 5.56 Å². The molecule has 3 aromatic rings. The van der Waals surface area contributed by atoms with Gasteiger partial charge in [-0.1, -0.05) is 12.1 Å². The Balaban J connectivity index is 1.81. The molecule has 3 rings (SSSR count). The zero-order valence-electron chi connectivity index (χ0n) is 15.8. The average molecular weight is 342 g/mol. The summed E-state index contributed by atoms with van der Waals surface area (Å²) >= 11 is 0. The largest absolute Gasteiger partial charge is 0.493 e. The van der Waals surface area contributed by atoms with Crippen molar-refractivity contribution in [1.82, 2.24) is 15.1 Å². The quantitative estimate of drug-likeness (QED) is 0.744. The Hall–Kier alpha value is -2.47. The third-order valence-electron chi connectivity index (χ3n) is 4.50. The number of fused-ring (bicyclic) bond motifs is 1. The standard InChI is InChI=1S/C19H26N4O2/c1-12-15(19(22(3)4)23(5)21-12)11-20-13(2)17-10-14-8-7-9-16(24-6)18(14)25-17/h7-10,13,20H,11H2,1-6H3. The molecule has 6 nitrogen and oxygen atoms in total. The highest BCUT2D eigenvalue weighted by atomic mass is 16.5. The van der Waals surface area contributed by atoms with Crippen LogP contribution in [-0.4, -0.2) is 31.0 Å². The molecule has 0 aliphatic carbocycles. The Morgan fingerprint density at radius 1 is 1.36 bits per heavy atom. The Morgan fingerprint density at radius 3 is 2.80 bits per heavy atom. The molecule has 1 aromatic carbocycles. The minimum Gasteiger partial charge on any atom is -0.493 e. The molecule has 1 atom stereocenters.